The van der Waals surface area contributed by atoms with Gasteiger partial charge in [-0.05, 0) is 42.7 Å². The molecule has 3 aromatic rings. The number of amides is 1. The first-order chi connectivity index (χ1) is 13.6. The second-order valence-electron chi connectivity index (χ2n) is 6.84. The zero-order valence-corrected chi connectivity index (χ0v) is 16.3. The molecule has 1 amide bonds. The van der Waals surface area contributed by atoms with Crippen LogP contribution < -0.4 is 5.32 Å². The molecule has 5 heteroatoms. The van der Waals surface area contributed by atoms with Gasteiger partial charge in [-0.1, -0.05) is 37.3 Å². The molecular formula is C23H25N3O2. The maximum absolute atomic E-state index is 12.5. The van der Waals surface area contributed by atoms with Crippen LogP contribution in [-0.4, -0.2) is 27.8 Å². The molecule has 28 heavy (non-hydrogen) atoms. The number of ketones is 1. The Bertz CT molecular complexity index is 948. The Labute approximate surface area is 165 Å². The van der Waals surface area contributed by atoms with Gasteiger partial charge < -0.3 is 9.88 Å². The van der Waals surface area contributed by atoms with Gasteiger partial charge in [-0.2, -0.15) is 0 Å². The number of nitrogens with one attached hydrogen (secondary N) is 1. The highest BCUT2D eigenvalue weighted by atomic mass is 16.1. The number of hydrogen-bond donors (Lipinski definition) is 1. The number of carbonyl (C=O) groups is 2. The first-order valence-electron chi connectivity index (χ1n) is 9.58. The summed E-state index contributed by atoms with van der Waals surface area (Å²) in [5, 5.41) is 2.98. The van der Waals surface area contributed by atoms with Gasteiger partial charge >= 0.3 is 0 Å². The van der Waals surface area contributed by atoms with Crippen molar-refractivity contribution in [3.63, 3.8) is 0 Å². The summed E-state index contributed by atoms with van der Waals surface area (Å²) in [6, 6.07) is 15.3. The van der Waals surface area contributed by atoms with Crippen molar-refractivity contribution < 1.29 is 9.59 Å². The molecule has 0 aliphatic rings. The Balaban J connectivity index is 1.66. The van der Waals surface area contributed by atoms with E-state index in [0.29, 0.717) is 24.1 Å². The van der Waals surface area contributed by atoms with Crippen LogP contribution in [0.3, 0.4) is 0 Å². The van der Waals surface area contributed by atoms with Gasteiger partial charge in [0.05, 0.1) is 6.33 Å². The summed E-state index contributed by atoms with van der Waals surface area (Å²) in [5.41, 5.74) is 3.16. The summed E-state index contributed by atoms with van der Waals surface area (Å²) >= 11 is 0. The van der Waals surface area contributed by atoms with Crippen molar-refractivity contribution in [2.45, 2.75) is 32.7 Å². The SMILES string of the molecule is CCC(=O)c1cccc(-c2cccc(C(=O)NCC[C@H](C)n3ccnc3)c2)c1. The summed E-state index contributed by atoms with van der Waals surface area (Å²) in [4.78, 5) is 28.5. The molecule has 1 atom stereocenters. The molecule has 3 rings (SSSR count). The molecule has 0 aliphatic heterocycles. The van der Waals surface area contributed by atoms with Crippen LogP contribution in [0.1, 0.15) is 53.4 Å². The maximum Gasteiger partial charge on any atom is 0.251 e. The summed E-state index contributed by atoms with van der Waals surface area (Å²) in [6.07, 6.45) is 6.76. The summed E-state index contributed by atoms with van der Waals surface area (Å²) in [7, 11) is 0. The Hall–Kier alpha value is -3.21. The molecule has 0 aliphatic carbocycles. The second-order valence-corrected chi connectivity index (χ2v) is 6.84. The molecule has 1 N–H and O–H groups in total. The van der Waals surface area contributed by atoms with Crippen LogP contribution in [0.2, 0.25) is 0 Å². The lowest BCUT2D eigenvalue weighted by molar-refractivity contribution is 0.0950. The molecule has 0 bridgehead atoms. The van der Waals surface area contributed by atoms with Crippen LogP contribution in [-0.2, 0) is 0 Å². The third-order valence-corrected chi connectivity index (χ3v) is 4.85. The molecular weight excluding hydrogens is 350 g/mol. The molecule has 144 valence electrons. The van der Waals surface area contributed by atoms with E-state index in [1.165, 1.54) is 0 Å². The van der Waals surface area contributed by atoms with Crippen LogP contribution in [0.5, 0.6) is 0 Å². The lowest BCUT2D eigenvalue weighted by atomic mass is 9.99. The standard InChI is InChI=1S/C23H25N3O2/c1-3-22(27)20-8-4-6-18(14-20)19-7-5-9-21(15-19)23(28)25-11-10-17(2)26-13-12-24-16-26/h4-9,12-17H,3,10-11H2,1-2H3,(H,25,28)/t17-/m0/s1. The highest BCUT2D eigenvalue weighted by Crippen LogP contribution is 2.22. The lowest BCUT2D eigenvalue weighted by Crippen LogP contribution is -2.26. The first kappa shape index (κ1) is 19.5. The fourth-order valence-corrected chi connectivity index (χ4v) is 3.09. The zero-order chi connectivity index (χ0) is 19.9. The van der Waals surface area contributed by atoms with E-state index in [2.05, 4.69) is 17.2 Å². The van der Waals surface area contributed by atoms with Gasteiger partial charge in [-0.3, -0.25) is 9.59 Å². The van der Waals surface area contributed by atoms with Crippen LogP contribution in [0.25, 0.3) is 11.1 Å². The van der Waals surface area contributed by atoms with Crippen LogP contribution in [0, 0.1) is 0 Å². The Morgan fingerprint density at radius 2 is 1.75 bits per heavy atom. The minimum Gasteiger partial charge on any atom is -0.352 e. The predicted molar refractivity (Wildman–Crippen MR) is 110 cm³/mol. The van der Waals surface area contributed by atoms with E-state index in [9.17, 15) is 9.59 Å². The van der Waals surface area contributed by atoms with Gasteiger partial charge in [0.15, 0.2) is 5.78 Å². The van der Waals surface area contributed by atoms with Crippen LogP contribution >= 0.6 is 0 Å². The number of benzene rings is 2. The molecule has 0 saturated heterocycles. The maximum atomic E-state index is 12.5. The molecule has 0 saturated carbocycles. The number of carbonyl (C=O) groups excluding carboxylic acids is 2. The molecule has 2 aromatic carbocycles. The third-order valence-electron chi connectivity index (χ3n) is 4.85. The van der Waals surface area contributed by atoms with Crippen molar-refractivity contribution >= 4 is 11.7 Å². The second kappa shape index (κ2) is 9.13. The first-order valence-corrected chi connectivity index (χ1v) is 9.58. The fraction of sp³-hybridized carbons (Fsp3) is 0.261. The van der Waals surface area contributed by atoms with Gasteiger partial charge in [0, 0.05) is 42.5 Å². The van der Waals surface area contributed by atoms with E-state index in [4.69, 9.17) is 0 Å². The quantitative estimate of drug-likeness (QED) is 0.589. The molecule has 0 spiro atoms. The van der Waals surface area contributed by atoms with Gasteiger partial charge in [0.2, 0.25) is 0 Å². The normalized spacial score (nSPS) is 11.8. The zero-order valence-electron chi connectivity index (χ0n) is 16.3. The van der Waals surface area contributed by atoms with E-state index in [0.717, 1.165) is 17.5 Å². The summed E-state index contributed by atoms with van der Waals surface area (Å²) < 4.78 is 2.03. The van der Waals surface area contributed by atoms with Crippen molar-refractivity contribution in [1.29, 1.82) is 0 Å². The average molecular weight is 375 g/mol. The molecule has 0 unspecified atom stereocenters. The van der Waals surface area contributed by atoms with Gasteiger partial charge in [-0.15, -0.1) is 0 Å². The predicted octanol–water partition coefficient (Wildman–Crippen LogP) is 4.52. The summed E-state index contributed by atoms with van der Waals surface area (Å²) in [5.74, 6) is 0.0169. The summed E-state index contributed by atoms with van der Waals surface area (Å²) in [6.45, 7) is 4.54. The van der Waals surface area contributed by atoms with Gasteiger partial charge in [0.1, 0.15) is 0 Å². The molecule has 5 nitrogen and oxygen atoms in total. The van der Waals surface area contributed by atoms with E-state index < -0.39 is 0 Å². The molecule has 1 aromatic heterocycles. The Morgan fingerprint density at radius 3 is 2.39 bits per heavy atom. The van der Waals surface area contributed by atoms with E-state index in [1.807, 2.05) is 60.2 Å². The highest BCUT2D eigenvalue weighted by molar-refractivity contribution is 5.98. The minimum atomic E-state index is -0.0968. The molecule has 0 radical (unpaired) electrons. The van der Waals surface area contributed by atoms with Crippen molar-refractivity contribution in [3.05, 3.63) is 78.4 Å². The smallest absolute Gasteiger partial charge is 0.251 e. The third kappa shape index (κ3) is 4.74. The lowest BCUT2D eigenvalue weighted by Gasteiger charge is -2.13. The van der Waals surface area contributed by atoms with E-state index in [1.54, 1.807) is 18.6 Å². The van der Waals surface area contributed by atoms with Gasteiger partial charge in [-0.25, -0.2) is 4.98 Å². The number of aromatic nitrogens is 2. The number of rotatable bonds is 8. The minimum absolute atomic E-state index is 0.0968. The van der Waals surface area contributed by atoms with Crippen molar-refractivity contribution in [2.75, 3.05) is 6.54 Å². The number of Topliss-reactive ketones (excluding diaryl/α,β-unsaturated/α-hetero) is 1. The number of nitrogens with zero attached hydrogens (tertiary/aromatic N) is 2. The van der Waals surface area contributed by atoms with E-state index in [-0.39, 0.29) is 17.7 Å². The number of imidazole rings is 1. The number of hydrogen-bond acceptors (Lipinski definition) is 3. The highest BCUT2D eigenvalue weighted by Gasteiger charge is 2.10. The van der Waals surface area contributed by atoms with Crippen molar-refractivity contribution in [1.82, 2.24) is 14.9 Å². The average Bonchev–Trinajstić information content (AvgIpc) is 3.28. The molecule has 1 heterocycles. The Kier molecular flexibility index (Phi) is 6.37. The van der Waals surface area contributed by atoms with Crippen molar-refractivity contribution in [3.8, 4) is 11.1 Å². The largest absolute Gasteiger partial charge is 0.352 e. The van der Waals surface area contributed by atoms with Crippen LogP contribution in [0.4, 0.5) is 0 Å². The van der Waals surface area contributed by atoms with Crippen molar-refractivity contribution in [2.24, 2.45) is 0 Å². The monoisotopic (exact) mass is 375 g/mol. The fourth-order valence-electron chi connectivity index (χ4n) is 3.09. The van der Waals surface area contributed by atoms with Gasteiger partial charge in [0.25, 0.3) is 5.91 Å². The topological polar surface area (TPSA) is 64.0 Å². The molecule has 0 fully saturated rings. The Morgan fingerprint density at radius 1 is 1.07 bits per heavy atom. The van der Waals surface area contributed by atoms with E-state index >= 15 is 0 Å². The van der Waals surface area contributed by atoms with Crippen LogP contribution in [0.15, 0.2) is 67.3 Å².